The van der Waals surface area contributed by atoms with Gasteiger partial charge < -0.3 is 4.74 Å². The lowest BCUT2D eigenvalue weighted by molar-refractivity contribution is 0.0601. The number of hydrogen-bond acceptors (Lipinski definition) is 4. The van der Waals surface area contributed by atoms with Gasteiger partial charge in [0.2, 0.25) is 0 Å². The number of rotatable bonds is 2. The zero-order chi connectivity index (χ0) is 15.7. The number of benzene rings is 2. The normalized spacial score (nSPS) is 10.7. The van der Waals surface area contributed by atoms with Crippen LogP contribution < -0.4 is 0 Å². The molecule has 3 rings (SSSR count). The summed E-state index contributed by atoms with van der Waals surface area (Å²) in [7, 11) is 1.34. The fourth-order valence-corrected chi connectivity index (χ4v) is 2.42. The predicted molar refractivity (Wildman–Crippen MR) is 86.1 cm³/mol. The van der Waals surface area contributed by atoms with E-state index in [0.29, 0.717) is 27.4 Å². The second-order valence-corrected chi connectivity index (χ2v) is 5.28. The Hall–Kier alpha value is -2.46. The first-order valence-corrected chi connectivity index (χ1v) is 7.09. The summed E-state index contributed by atoms with van der Waals surface area (Å²) in [6, 6.07) is 12.9. The number of hydrogen-bond donors (Lipinski definition) is 0. The fourth-order valence-electron chi connectivity index (χ4n) is 2.17. The molecule has 3 aromatic rings. The second-order valence-electron chi connectivity index (χ2n) is 4.92. The number of fused-ring (bicyclic) bond motifs is 1. The quantitative estimate of drug-likeness (QED) is 0.670. The molecular formula is C17H13ClN2O2. The van der Waals surface area contributed by atoms with Crippen LogP contribution in [0.25, 0.3) is 22.3 Å². The molecule has 0 aliphatic rings. The standard InChI is InChI=1S/C17H13ClN2O2/c1-10-3-5-11(6-4-10)15-16(18)20-14-9-12(17(21)22-2)7-8-13(14)19-15/h3-9H,1-2H3. The highest BCUT2D eigenvalue weighted by molar-refractivity contribution is 6.32. The maximum atomic E-state index is 11.6. The van der Waals surface area contributed by atoms with E-state index < -0.39 is 5.97 Å². The molecule has 1 heterocycles. The van der Waals surface area contributed by atoms with Gasteiger partial charge in [0.25, 0.3) is 0 Å². The molecule has 0 bridgehead atoms. The van der Waals surface area contributed by atoms with Crippen LogP contribution in [-0.4, -0.2) is 23.0 Å². The van der Waals surface area contributed by atoms with Crippen molar-refractivity contribution in [2.45, 2.75) is 6.92 Å². The van der Waals surface area contributed by atoms with Gasteiger partial charge in [0, 0.05) is 5.56 Å². The summed E-state index contributed by atoms with van der Waals surface area (Å²) in [5.41, 5.74) is 4.35. The first kappa shape index (κ1) is 14.5. The number of carbonyl (C=O) groups is 1. The molecule has 2 aromatic carbocycles. The minimum atomic E-state index is -0.414. The molecule has 0 N–H and O–H groups in total. The monoisotopic (exact) mass is 312 g/mol. The van der Waals surface area contributed by atoms with E-state index in [1.54, 1.807) is 18.2 Å². The molecule has 5 heteroatoms. The van der Waals surface area contributed by atoms with Crippen LogP contribution in [0.1, 0.15) is 15.9 Å². The molecule has 0 saturated heterocycles. The second kappa shape index (κ2) is 5.73. The third kappa shape index (κ3) is 2.65. The third-order valence-corrected chi connectivity index (χ3v) is 3.63. The van der Waals surface area contributed by atoms with Crippen LogP contribution in [0.3, 0.4) is 0 Å². The van der Waals surface area contributed by atoms with Crippen LogP contribution in [0.5, 0.6) is 0 Å². The van der Waals surface area contributed by atoms with E-state index >= 15 is 0 Å². The Bertz CT molecular complexity index is 860. The number of aromatic nitrogens is 2. The van der Waals surface area contributed by atoms with Gasteiger partial charge >= 0.3 is 5.97 Å². The van der Waals surface area contributed by atoms with Crippen molar-refractivity contribution in [3.63, 3.8) is 0 Å². The van der Waals surface area contributed by atoms with Crippen LogP contribution in [0.4, 0.5) is 0 Å². The molecule has 0 spiro atoms. The minimum Gasteiger partial charge on any atom is -0.465 e. The zero-order valence-electron chi connectivity index (χ0n) is 12.1. The van der Waals surface area contributed by atoms with Gasteiger partial charge in [0.05, 0.1) is 23.7 Å². The highest BCUT2D eigenvalue weighted by atomic mass is 35.5. The topological polar surface area (TPSA) is 52.1 Å². The van der Waals surface area contributed by atoms with Gasteiger partial charge in [-0.05, 0) is 25.1 Å². The largest absolute Gasteiger partial charge is 0.465 e. The SMILES string of the molecule is COC(=O)c1ccc2nc(-c3ccc(C)cc3)c(Cl)nc2c1. The van der Waals surface area contributed by atoms with Crippen LogP contribution in [-0.2, 0) is 4.74 Å². The Morgan fingerprint density at radius 2 is 1.77 bits per heavy atom. The van der Waals surface area contributed by atoms with Crippen molar-refractivity contribution in [2.75, 3.05) is 7.11 Å². The summed E-state index contributed by atoms with van der Waals surface area (Å²) in [4.78, 5) is 20.5. The highest BCUT2D eigenvalue weighted by Gasteiger charge is 2.12. The smallest absolute Gasteiger partial charge is 0.337 e. The van der Waals surface area contributed by atoms with Crippen molar-refractivity contribution < 1.29 is 9.53 Å². The van der Waals surface area contributed by atoms with Gasteiger partial charge in [-0.2, -0.15) is 0 Å². The summed E-state index contributed by atoms with van der Waals surface area (Å²) in [5, 5.41) is 0.304. The summed E-state index contributed by atoms with van der Waals surface area (Å²) < 4.78 is 4.70. The average molecular weight is 313 g/mol. The average Bonchev–Trinajstić information content (AvgIpc) is 2.54. The first-order valence-electron chi connectivity index (χ1n) is 6.71. The number of nitrogens with zero attached hydrogens (tertiary/aromatic N) is 2. The highest BCUT2D eigenvalue weighted by Crippen LogP contribution is 2.27. The van der Waals surface area contributed by atoms with Crippen LogP contribution in [0.2, 0.25) is 5.15 Å². The maximum Gasteiger partial charge on any atom is 0.337 e. The van der Waals surface area contributed by atoms with Crippen LogP contribution >= 0.6 is 11.6 Å². The molecule has 0 atom stereocenters. The molecule has 4 nitrogen and oxygen atoms in total. The molecule has 0 fully saturated rings. The molecule has 0 aliphatic carbocycles. The number of carbonyl (C=O) groups excluding carboxylic acids is 1. The molecule has 0 saturated carbocycles. The Balaban J connectivity index is 2.13. The minimum absolute atomic E-state index is 0.304. The van der Waals surface area contributed by atoms with Gasteiger partial charge in [-0.25, -0.2) is 14.8 Å². The summed E-state index contributed by atoms with van der Waals surface area (Å²) >= 11 is 6.25. The molecule has 1 aromatic heterocycles. The fraction of sp³-hybridized carbons (Fsp3) is 0.118. The maximum absolute atomic E-state index is 11.6. The van der Waals surface area contributed by atoms with Crippen molar-refractivity contribution in [1.29, 1.82) is 0 Å². The van der Waals surface area contributed by atoms with Gasteiger partial charge in [-0.1, -0.05) is 41.4 Å². The first-order chi connectivity index (χ1) is 10.6. The van der Waals surface area contributed by atoms with Gasteiger partial charge in [-0.15, -0.1) is 0 Å². The number of aryl methyl sites for hydroxylation is 1. The number of halogens is 1. The molecule has 0 radical (unpaired) electrons. The van der Waals surface area contributed by atoms with E-state index in [4.69, 9.17) is 16.3 Å². The molecule has 0 unspecified atom stereocenters. The zero-order valence-corrected chi connectivity index (χ0v) is 12.9. The summed E-state index contributed by atoms with van der Waals surface area (Å²) in [6.07, 6.45) is 0. The summed E-state index contributed by atoms with van der Waals surface area (Å²) in [5.74, 6) is -0.414. The van der Waals surface area contributed by atoms with E-state index in [1.807, 2.05) is 31.2 Å². The lowest BCUT2D eigenvalue weighted by Crippen LogP contribution is -2.01. The van der Waals surface area contributed by atoms with Gasteiger partial charge in [0.1, 0.15) is 5.69 Å². The van der Waals surface area contributed by atoms with E-state index in [0.717, 1.165) is 11.1 Å². The van der Waals surface area contributed by atoms with E-state index in [1.165, 1.54) is 7.11 Å². The lowest BCUT2D eigenvalue weighted by atomic mass is 10.1. The molecule has 0 amide bonds. The van der Waals surface area contributed by atoms with Crippen molar-refractivity contribution in [1.82, 2.24) is 9.97 Å². The van der Waals surface area contributed by atoms with Gasteiger partial charge in [0.15, 0.2) is 5.15 Å². The Kier molecular flexibility index (Phi) is 3.77. The van der Waals surface area contributed by atoms with E-state index in [2.05, 4.69) is 9.97 Å². The third-order valence-electron chi connectivity index (χ3n) is 3.37. The lowest BCUT2D eigenvalue weighted by Gasteiger charge is -2.07. The van der Waals surface area contributed by atoms with Crippen LogP contribution in [0.15, 0.2) is 42.5 Å². The Labute approximate surface area is 132 Å². The van der Waals surface area contributed by atoms with E-state index in [-0.39, 0.29) is 0 Å². The molecular weight excluding hydrogens is 300 g/mol. The van der Waals surface area contributed by atoms with E-state index in [9.17, 15) is 4.79 Å². The Morgan fingerprint density at radius 3 is 2.45 bits per heavy atom. The van der Waals surface area contributed by atoms with Crippen molar-refractivity contribution in [2.24, 2.45) is 0 Å². The van der Waals surface area contributed by atoms with Crippen LogP contribution in [0, 0.1) is 6.92 Å². The predicted octanol–water partition coefficient (Wildman–Crippen LogP) is 4.05. The molecule has 0 aliphatic heterocycles. The number of ether oxygens (including phenoxy) is 1. The van der Waals surface area contributed by atoms with Gasteiger partial charge in [-0.3, -0.25) is 0 Å². The number of methoxy groups -OCH3 is 1. The molecule has 110 valence electrons. The van der Waals surface area contributed by atoms with Crippen molar-refractivity contribution in [3.05, 3.63) is 58.7 Å². The van der Waals surface area contributed by atoms with Crippen molar-refractivity contribution >= 4 is 28.6 Å². The number of esters is 1. The summed E-state index contributed by atoms with van der Waals surface area (Å²) in [6.45, 7) is 2.02. The Morgan fingerprint density at radius 1 is 1.05 bits per heavy atom. The van der Waals surface area contributed by atoms with Crippen molar-refractivity contribution in [3.8, 4) is 11.3 Å². The molecule has 22 heavy (non-hydrogen) atoms.